The van der Waals surface area contributed by atoms with Crippen molar-refractivity contribution < 1.29 is 4.79 Å². The Labute approximate surface area is 77.1 Å². The second kappa shape index (κ2) is 3.09. The van der Waals surface area contributed by atoms with Crippen molar-refractivity contribution in [3.63, 3.8) is 0 Å². The minimum absolute atomic E-state index is 0.0260. The molecular weight excluding hydrogens is 164 g/mol. The van der Waals surface area contributed by atoms with E-state index in [0.29, 0.717) is 6.54 Å². The molecule has 1 aliphatic heterocycles. The SMILES string of the molecule is Cc1cccc2c1C(=O)NCCN2. The first-order chi connectivity index (χ1) is 6.29. The molecule has 2 N–H and O–H groups in total. The van der Waals surface area contributed by atoms with Gasteiger partial charge in [0, 0.05) is 18.8 Å². The van der Waals surface area contributed by atoms with Gasteiger partial charge in [-0.25, -0.2) is 0 Å². The highest BCUT2D eigenvalue weighted by Gasteiger charge is 2.15. The minimum Gasteiger partial charge on any atom is -0.383 e. The Morgan fingerprint density at radius 3 is 2.85 bits per heavy atom. The highest BCUT2D eigenvalue weighted by Crippen LogP contribution is 2.20. The Morgan fingerprint density at radius 2 is 2.00 bits per heavy atom. The van der Waals surface area contributed by atoms with E-state index >= 15 is 0 Å². The molecule has 0 unspecified atom stereocenters. The van der Waals surface area contributed by atoms with Crippen LogP contribution in [0.4, 0.5) is 5.69 Å². The van der Waals surface area contributed by atoms with Crippen LogP contribution in [0.2, 0.25) is 0 Å². The molecule has 68 valence electrons. The zero-order valence-corrected chi connectivity index (χ0v) is 7.55. The molecule has 13 heavy (non-hydrogen) atoms. The van der Waals surface area contributed by atoms with Crippen LogP contribution in [0.5, 0.6) is 0 Å². The Bertz CT molecular complexity index is 347. The van der Waals surface area contributed by atoms with Gasteiger partial charge in [0.15, 0.2) is 0 Å². The molecule has 1 aromatic rings. The van der Waals surface area contributed by atoms with E-state index in [-0.39, 0.29) is 5.91 Å². The third-order valence-corrected chi connectivity index (χ3v) is 2.23. The first kappa shape index (κ1) is 8.10. The normalized spacial score (nSPS) is 15.3. The first-order valence-electron chi connectivity index (χ1n) is 4.41. The highest BCUT2D eigenvalue weighted by atomic mass is 16.1. The number of hydrogen-bond acceptors (Lipinski definition) is 2. The van der Waals surface area contributed by atoms with E-state index in [2.05, 4.69) is 10.6 Å². The van der Waals surface area contributed by atoms with Gasteiger partial charge >= 0.3 is 0 Å². The average molecular weight is 176 g/mol. The quantitative estimate of drug-likeness (QED) is 0.622. The van der Waals surface area contributed by atoms with Crippen LogP contribution in [0.3, 0.4) is 0 Å². The van der Waals surface area contributed by atoms with Crippen molar-refractivity contribution in [2.45, 2.75) is 6.92 Å². The predicted molar refractivity (Wildman–Crippen MR) is 52.0 cm³/mol. The van der Waals surface area contributed by atoms with Crippen LogP contribution >= 0.6 is 0 Å². The summed E-state index contributed by atoms with van der Waals surface area (Å²) in [6, 6.07) is 5.85. The van der Waals surface area contributed by atoms with Crippen molar-refractivity contribution in [2.75, 3.05) is 18.4 Å². The topological polar surface area (TPSA) is 41.1 Å². The van der Waals surface area contributed by atoms with Gasteiger partial charge in [-0.2, -0.15) is 0 Å². The Morgan fingerprint density at radius 1 is 1.23 bits per heavy atom. The van der Waals surface area contributed by atoms with Crippen molar-refractivity contribution in [3.8, 4) is 0 Å². The fourth-order valence-electron chi connectivity index (χ4n) is 1.58. The van der Waals surface area contributed by atoms with Gasteiger partial charge in [-0.05, 0) is 18.6 Å². The summed E-state index contributed by atoms with van der Waals surface area (Å²) >= 11 is 0. The third kappa shape index (κ3) is 1.37. The number of nitrogens with one attached hydrogen (secondary N) is 2. The van der Waals surface area contributed by atoms with Crippen LogP contribution in [0.15, 0.2) is 18.2 Å². The van der Waals surface area contributed by atoms with E-state index in [1.807, 2.05) is 25.1 Å². The summed E-state index contributed by atoms with van der Waals surface area (Å²) in [7, 11) is 0. The fraction of sp³-hybridized carbons (Fsp3) is 0.300. The van der Waals surface area contributed by atoms with Crippen molar-refractivity contribution in [3.05, 3.63) is 29.3 Å². The molecule has 0 aliphatic carbocycles. The molecule has 0 bridgehead atoms. The van der Waals surface area contributed by atoms with Gasteiger partial charge in [0.2, 0.25) is 0 Å². The maximum atomic E-state index is 11.6. The molecule has 2 rings (SSSR count). The lowest BCUT2D eigenvalue weighted by molar-refractivity contribution is 0.0957. The van der Waals surface area contributed by atoms with E-state index in [0.717, 1.165) is 23.4 Å². The molecule has 1 aromatic carbocycles. The lowest BCUT2D eigenvalue weighted by atomic mass is 10.1. The van der Waals surface area contributed by atoms with Crippen LogP contribution in [0.25, 0.3) is 0 Å². The standard InChI is InChI=1S/C10H12N2O/c1-7-3-2-4-8-9(7)10(13)12-6-5-11-8/h2-4,11H,5-6H2,1H3,(H,12,13). The fourth-order valence-corrected chi connectivity index (χ4v) is 1.58. The minimum atomic E-state index is 0.0260. The summed E-state index contributed by atoms with van der Waals surface area (Å²) in [4.78, 5) is 11.6. The summed E-state index contributed by atoms with van der Waals surface area (Å²) in [5, 5.41) is 6.05. The Hall–Kier alpha value is -1.51. The molecule has 1 heterocycles. The number of aryl methyl sites for hydroxylation is 1. The summed E-state index contributed by atoms with van der Waals surface area (Å²) in [5.41, 5.74) is 2.74. The molecule has 0 saturated heterocycles. The molecule has 0 atom stereocenters. The average Bonchev–Trinajstić information content (AvgIpc) is 2.29. The van der Waals surface area contributed by atoms with E-state index in [4.69, 9.17) is 0 Å². The lowest BCUT2D eigenvalue weighted by Crippen LogP contribution is -2.25. The van der Waals surface area contributed by atoms with Crippen molar-refractivity contribution in [1.29, 1.82) is 0 Å². The molecule has 1 amide bonds. The second-order valence-corrected chi connectivity index (χ2v) is 3.18. The van der Waals surface area contributed by atoms with Gasteiger partial charge in [-0.3, -0.25) is 4.79 Å². The number of anilines is 1. The van der Waals surface area contributed by atoms with Crippen molar-refractivity contribution in [2.24, 2.45) is 0 Å². The number of hydrogen-bond donors (Lipinski definition) is 2. The summed E-state index contributed by atoms with van der Waals surface area (Å²) < 4.78 is 0. The summed E-state index contributed by atoms with van der Waals surface area (Å²) in [6.45, 7) is 3.43. The van der Waals surface area contributed by atoms with Crippen LogP contribution in [-0.2, 0) is 0 Å². The predicted octanol–water partition coefficient (Wildman–Crippen LogP) is 1.15. The summed E-state index contributed by atoms with van der Waals surface area (Å²) in [5.74, 6) is 0.0260. The molecule has 0 spiro atoms. The maximum Gasteiger partial charge on any atom is 0.253 e. The highest BCUT2D eigenvalue weighted by molar-refractivity contribution is 6.01. The second-order valence-electron chi connectivity index (χ2n) is 3.18. The van der Waals surface area contributed by atoms with Crippen LogP contribution in [0, 0.1) is 6.92 Å². The number of rotatable bonds is 0. The number of benzene rings is 1. The van der Waals surface area contributed by atoms with Gasteiger partial charge in [0.25, 0.3) is 5.91 Å². The zero-order chi connectivity index (χ0) is 9.26. The van der Waals surface area contributed by atoms with E-state index < -0.39 is 0 Å². The van der Waals surface area contributed by atoms with Gasteiger partial charge < -0.3 is 10.6 Å². The maximum absolute atomic E-state index is 11.6. The van der Waals surface area contributed by atoms with E-state index in [1.165, 1.54) is 0 Å². The lowest BCUT2D eigenvalue weighted by Gasteiger charge is -2.07. The monoisotopic (exact) mass is 176 g/mol. The zero-order valence-electron chi connectivity index (χ0n) is 7.55. The Kier molecular flexibility index (Phi) is 1.93. The smallest absolute Gasteiger partial charge is 0.253 e. The van der Waals surface area contributed by atoms with E-state index in [1.54, 1.807) is 0 Å². The van der Waals surface area contributed by atoms with Crippen molar-refractivity contribution >= 4 is 11.6 Å². The molecule has 3 nitrogen and oxygen atoms in total. The molecule has 0 fully saturated rings. The molecule has 0 aromatic heterocycles. The number of carbonyl (C=O) groups excluding carboxylic acids is 1. The molecular formula is C10H12N2O. The Balaban J connectivity index is 2.55. The van der Waals surface area contributed by atoms with Gasteiger partial charge in [-0.15, -0.1) is 0 Å². The van der Waals surface area contributed by atoms with Crippen LogP contribution in [0.1, 0.15) is 15.9 Å². The summed E-state index contributed by atoms with van der Waals surface area (Å²) in [6.07, 6.45) is 0. The molecule has 1 aliphatic rings. The van der Waals surface area contributed by atoms with Crippen LogP contribution < -0.4 is 10.6 Å². The third-order valence-electron chi connectivity index (χ3n) is 2.23. The largest absolute Gasteiger partial charge is 0.383 e. The van der Waals surface area contributed by atoms with Gasteiger partial charge in [0.1, 0.15) is 0 Å². The first-order valence-corrected chi connectivity index (χ1v) is 4.41. The van der Waals surface area contributed by atoms with Gasteiger partial charge in [-0.1, -0.05) is 12.1 Å². The number of amides is 1. The number of carbonyl (C=O) groups is 1. The van der Waals surface area contributed by atoms with Crippen molar-refractivity contribution in [1.82, 2.24) is 5.32 Å². The molecule has 3 heteroatoms. The molecule has 0 radical (unpaired) electrons. The number of fused-ring (bicyclic) bond motifs is 1. The van der Waals surface area contributed by atoms with Gasteiger partial charge in [0.05, 0.1) is 5.56 Å². The van der Waals surface area contributed by atoms with Crippen LogP contribution in [-0.4, -0.2) is 19.0 Å². The molecule has 0 saturated carbocycles. The van der Waals surface area contributed by atoms with E-state index in [9.17, 15) is 4.79 Å².